The monoisotopic (exact) mass is 434 g/mol. The number of carbonyl (C=O) groups excluding carboxylic acids is 2. The first kappa shape index (κ1) is 23.2. The molecule has 0 saturated carbocycles. The molecule has 0 aliphatic carbocycles. The largest absolute Gasteiger partial charge is 0.354 e. The number of halogens is 2. The van der Waals surface area contributed by atoms with Gasteiger partial charge in [0.15, 0.2) is 0 Å². The maximum Gasteiger partial charge on any atom is 0.242 e. The highest BCUT2D eigenvalue weighted by Crippen LogP contribution is 2.24. The lowest BCUT2D eigenvalue weighted by molar-refractivity contribution is -0.140. The highest BCUT2D eigenvalue weighted by Gasteiger charge is 2.29. The van der Waals surface area contributed by atoms with Crippen LogP contribution in [-0.2, 0) is 22.6 Å². The molecule has 0 spiro atoms. The molecular formula is C23H28Cl2N2O2. The van der Waals surface area contributed by atoms with E-state index in [-0.39, 0.29) is 24.8 Å². The van der Waals surface area contributed by atoms with Gasteiger partial charge in [-0.3, -0.25) is 9.59 Å². The van der Waals surface area contributed by atoms with E-state index < -0.39 is 6.04 Å². The number of hydrogen-bond acceptors (Lipinski definition) is 2. The van der Waals surface area contributed by atoms with E-state index in [1.807, 2.05) is 45.0 Å². The molecule has 0 aromatic heterocycles. The summed E-state index contributed by atoms with van der Waals surface area (Å²) >= 11 is 12.3. The lowest BCUT2D eigenvalue weighted by atomic mass is 10.1. The van der Waals surface area contributed by atoms with Crippen molar-refractivity contribution in [1.82, 2.24) is 10.2 Å². The molecule has 1 atom stereocenters. The number of nitrogens with zero attached hydrogens (tertiary/aromatic N) is 1. The Balaban J connectivity index is 2.30. The van der Waals surface area contributed by atoms with Gasteiger partial charge in [0.2, 0.25) is 11.8 Å². The Morgan fingerprint density at radius 3 is 2.34 bits per heavy atom. The molecule has 0 unspecified atom stereocenters. The van der Waals surface area contributed by atoms with Crippen LogP contribution in [0.1, 0.15) is 43.4 Å². The van der Waals surface area contributed by atoms with E-state index in [2.05, 4.69) is 5.32 Å². The number of amides is 2. The van der Waals surface area contributed by atoms with Gasteiger partial charge < -0.3 is 10.2 Å². The van der Waals surface area contributed by atoms with Gasteiger partial charge in [0, 0.05) is 23.1 Å². The average Bonchev–Trinajstić information content (AvgIpc) is 2.69. The number of carbonyl (C=O) groups is 2. The molecule has 29 heavy (non-hydrogen) atoms. The predicted octanol–water partition coefficient (Wildman–Crippen LogP) is 5.18. The third-order valence-corrected chi connectivity index (χ3v) is 5.35. The van der Waals surface area contributed by atoms with Gasteiger partial charge in [-0.2, -0.15) is 0 Å². The van der Waals surface area contributed by atoms with Gasteiger partial charge in [-0.1, -0.05) is 72.9 Å². The minimum Gasteiger partial charge on any atom is -0.354 e. The molecule has 2 aromatic carbocycles. The summed E-state index contributed by atoms with van der Waals surface area (Å²) in [4.78, 5) is 27.6. The summed E-state index contributed by atoms with van der Waals surface area (Å²) in [5, 5.41) is 3.93. The molecule has 0 aliphatic rings. The van der Waals surface area contributed by atoms with Crippen LogP contribution < -0.4 is 5.32 Å². The second-order valence-electron chi connectivity index (χ2n) is 7.13. The molecule has 6 heteroatoms. The van der Waals surface area contributed by atoms with Crippen molar-refractivity contribution in [3.8, 4) is 0 Å². The van der Waals surface area contributed by atoms with Gasteiger partial charge in [0.25, 0.3) is 0 Å². The Kier molecular flexibility index (Phi) is 8.99. The smallest absolute Gasteiger partial charge is 0.242 e. The van der Waals surface area contributed by atoms with Gasteiger partial charge in [0.05, 0.1) is 6.42 Å². The van der Waals surface area contributed by atoms with Gasteiger partial charge in [-0.05, 0) is 43.0 Å². The van der Waals surface area contributed by atoms with E-state index in [1.54, 1.807) is 23.1 Å². The molecular weight excluding hydrogens is 407 g/mol. The first-order valence-corrected chi connectivity index (χ1v) is 10.7. The molecule has 0 fully saturated rings. The third kappa shape index (κ3) is 6.76. The van der Waals surface area contributed by atoms with Crippen LogP contribution in [0.15, 0.2) is 42.5 Å². The van der Waals surface area contributed by atoms with E-state index in [1.165, 1.54) is 0 Å². The predicted molar refractivity (Wildman–Crippen MR) is 119 cm³/mol. The van der Waals surface area contributed by atoms with Crippen molar-refractivity contribution in [3.05, 3.63) is 69.2 Å². The highest BCUT2D eigenvalue weighted by atomic mass is 35.5. The first-order valence-electron chi connectivity index (χ1n) is 9.92. The Morgan fingerprint density at radius 2 is 1.76 bits per heavy atom. The van der Waals surface area contributed by atoms with Crippen LogP contribution in [0, 0.1) is 6.92 Å². The van der Waals surface area contributed by atoms with Gasteiger partial charge >= 0.3 is 0 Å². The maximum absolute atomic E-state index is 13.2. The van der Waals surface area contributed by atoms with Crippen LogP contribution in [0.25, 0.3) is 0 Å². The lowest BCUT2D eigenvalue weighted by Crippen LogP contribution is -2.49. The zero-order chi connectivity index (χ0) is 21.4. The number of nitrogens with one attached hydrogen (secondary N) is 1. The summed E-state index contributed by atoms with van der Waals surface area (Å²) < 4.78 is 0. The summed E-state index contributed by atoms with van der Waals surface area (Å²) in [7, 11) is 0. The molecule has 2 rings (SSSR count). The van der Waals surface area contributed by atoms with Crippen molar-refractivity contribution in [2.45, 2.75) is 52.6 Å². The normalized spacial score (nSPS) is 11.8. The van der Waals surface area contributed by atoms with Crippen molar-refractivity contribution in [1.29, 1.82) is 0 Å². The molecule has 1 N–H and O–H groups in total. The molecule has 4 nitrogen and oxygen atoms in total. The first-order chi connectivity index (χ1) is 13.8. The van der Waals surface area contributed by atoms with Crippen LogP contribution in [0.2, 0.25) is 10.0 Å². The van der Waals surface area contributed by atoms with Crippen LogP contribution >= 0.6 is 23.2 Å². The maximum atomic E-state index is 13.2. The molecule has 0 bridgehead atoms. The third-order valence-electron chi connectivity index (χ3n) is 4.77. The van der Waals surface area contributed by atoms with Crippen molar-refractivity contribution >= 4 is 35.0 Å². The number of aryl methyl sites for hydroxylation is 1. The van der Waals surface area contributed by atoms with Gasteiger partial charge in [-0.25, -0.2) is 0 Å². The van der Waals surface area contributed by atoms with Crippen molar-refractivity contribution in [3.63, 3.8) is 0 Å². The van der Waals surface area contributed by atoms with Gasteiger partial charge in [-0.15, -0.1) is 0 Å². The number of rotatable bonds is 9. The summed E-state index contributed by atoms with van der Waals surface area (Å²) in [5.74, 6) is -0.255. The van der Waals surface area contributed by atoms with Crippen LogP contribution in [0.4, 0.5) is 0 Å². The quantitative estimate of drug-likeness (QED) is 0.590. The highest BCUT2D eigenvalue weighted by molar-refractivity contribution is 6.35. The summed E-state index contributed by atoms with van der Waals surface area (Å²) in [6.07, 6.45) is 1.58. The standard InChI is InChI=1S/C23H28Cl2N2O2/c1-4-12-26-23(29)21(5-2)27(15-18-10-11-19(24)14-20(18)25)22(28)13-17-8-6-16(3)7-9-17/h6-11,14,21H,4-5,12-13,15H2,1-3H3,(H,26,29)/t21-/m1/s1. The van der Waals surface area contributed by atoms with E-state index in [4.69, 9.17) is 23.2 Å². The van der Waals surface area contributed by atoms with E-state index in [0.717, 1.165) is 23.1 Å². The van der Waals surface area contributed by atoms with E-state index in [0.29, 0.717) is 23.0 Å². The second-order valence-corrected chi connectivity index (χ2v) is 7.98. The summed E-state index contributed by atoms with van der Waals surface area (Å²) in [6, 6.07) is 12.5. The molecule has 0 saturated heterocycles. The number of hydrogen-bond donors (Lipinski definition) is 1. The Hall–Kier alpha value is -2.04. The molecule has 2 aromatic rings. The van der Waals surface area contributed by atoms with E-state index >= 15 is 0 Å². The Labute approximate surface area is 183 Å². The average molecular weight is 435 g/mol. The van der Waals surface area contributed by atoms with E-state index in [9.17, 15) is 9.59 Å². The summed E-state index contributed by atoms with van der Waals surface area (Å²) in [5.41, 5.74) is 2.81. The Bertz CT molecular complexity index is 837. The topological polar surface area (TPSA) is 49.4 Å². The van der Waals surface area contributed by atoms with Crippen molar-refractivity contribution in [2.24, 2.45) is 0 Å². The molecule has 0 aliphatic heterocycles. The fourth-order valence-corrected chi connectivity index (χ4v) is 3.57. The fraction of sp³-hybridized carbons (Fsp3) is 0.391. The van der Waals surface area contributed by atoms with Crippen LogP contribution in [0.5, 0.6) is 0 Å². The Morgan fingerprint density at radius 1 is 1.07 bits per heavy atom. The zero-order valence-corrected chi connectivity index (χ0v) is 18.7. The second kappa shape index (κ2) is 11.2. The fourth-order valence-electron chi connectivity index (χ4n) is 3.10. The molecule has 0 radical (unpaired) electrons. The van der Waals surface area contributed by atoms with Crippen molar-refractivity contribution in [2.75, 3.05) is 6.54 Å². The zero-order valence-electron chi connectivity index (χ0n) is 17.2. The molecule has 156 valence electrons. The minimum atomic E-state index is -0.564. The van der Waals surface area contributed by atoms with Gasteiger partial charge in [0.1, 0.15) is 6.04 Å². The van der Waals surface area contributed by atoms with Crippen LogP contribution in [0.3, 0.4) is 0 Å². The number of benzene rings is 2. The summed E-state index contributed by atoms with van der Waals surface area (Å²) in [6.45, 7) is 6.74. The molecule has 0 heterocycles. The SMILES string of the molecule is CCCNC(=O)[C@@H](CC)N(Cc1ccc(Cl)cc1Cl)C(=O)Cc1ccc(C)cc1. The van der Waals surface area contributed by atoms with Crippen molar-refractivity contribution < 1.29 is 9.59 Å². The molecule has 2 amide bonds. The van der Waals surface area contributed by atoms with Crippen LogP contribution in [-0.4, -0.2) is 29.3 Å². The lowest BCUT2D eigenvalue weighted by Gasteiger charge is -2.31. The minimum absolute atomic E-state index is 0.113.